The number of carbonyl (C=O) groups is 2. The molecule has 1 unspecified atom stereocenters. The van der Waals surface area contributed by atoms with Gasteiger partial charge in [0.1, 0.15) is 6.10 Å². The van der Waals surface area contributed by atoms with Crippen molar-refractivity contribution >= 4 is 11.8 Å². The molecule has 0 saturated carbocycles. The van der Waals surface area contributed by atoms with Crippen LogP contribution in [0.1, 0.15) is 37.0 Å². The van der Waals surface area contributed by atoms with Gasteiger partial charge in [-0.05, 0) is 38.8 Å². The molecule has 120 valence electrons. The lowest BCUT2D eigenvalue weighted by Crippen LogP contribution is -2.49. The number of likely N-dealkylation sites (tertiary alicyclic amines) is 1. The molecule has 0 radical (unpaired) electrons. The van der Waals surface area contributed by atoms with Gasteiger partial charge in [0.25, 0.3) is 11.8 Å². The highest BCUT2D eigenvalue weighted by atomic mass is 16.5. The molecule has 6 heteroatoms. The van der Waals surface area contributed by atoms with Crippen molar-refractivity contribution in [2.45, 2.75) is 38.8 Å². The van der Waals surface area contributed by atoms with Crippen LogP contribution < -0.4 is 5.32 Å². The number of pyridine rings is 1. The van der Waals surface area contributed by atoms with Crippen LogP contribution in [0.2, 0.25) is 0 Å². The van der Waals surface area contributed by atoms with E-state index < -0.39 is 6.10 Å². The van der Waals surface area contributed by atoms with Crippen molar-refractivity contribution in [3.05, 3.63) is 30.1 Å². The van der Waals surface area contributed by atoms with Crippen molar-refractivity contribution < 1.29 is 14.3 Å². The lowest BCUT2D eigenvalue weighted by Gasteiger charge is -2.33. The Morgan fingerprint density at radius 3 is 2.59 bits per heavy atom. The fourth-order valence-corrected chi connectivity index (χ4v) is 2.59. The van der Waals surface area contributed by atoms with Crippen LogP contribution >= 0.6 is 0 Å². The van der Waals surface area contributed by atoms with Gasteiger partial charge in [-0.25, -0.2) is 0 Å². The van der Waals surface area contributed by atoms with Crippen LogP contribution in [0.15, 0.2) is 24.5 Å². The molecule has 2 amide bonds. The normalized spacial score (nSPS) is 17.1. The first-order chi connectivity index (χ1) is 10.6. The summed E-state index contributed by atoms with van der Waals surface area (Å²) in [5.41, 5.74) is 0.610. The topological polar surface area (TPSA) is 71.5 Å². The van der Waals surface area contributed by atoms with Gasteiger partial charge < -0.3 is 15.0 Å². The highest BCUT2D eigenvalue weighted by Crippen LogP contribution is 2.13. The van der Waals surface area contributed by atoms with Gasteiger partial charge in [-0.2, -0.15) is 0 Å². The van der Waals surface area contributed by atoms with E-state index in [1.54, 1.807) is 31.5 Å². The first-order valence-electron chi connectivity index (χ1n) is 7.73. The Labute approximate surface area is 130 Å². The molecule has 22 heavy (non-hydrogen) atoms. The maximum Gasteiger partial charge on any atom is 0.251 e. The summed E-state index contributed by atoms with van der Waals surface area (Å²) in [6, 6.07) is 3.49. The summed E-state index contributed by atoms with van der Waals surface area (Å²) >= 11 is 0. The zero-order chi connectivity index (χ0) is 15.9. The van der Waals surface area contributed by atoms with Crippen molar-refractivity contribution in [2.24, 2.45) is 0 Å². The molecule has 1 saturated heterocycles. The molecule has 1 fully saturated rings. The fourth-order valence-electron chi connectivity index (χ4n) is 2.59. The molecule has 1 aromatic heterocycles. The van der Waals surface area contributed by atoms with Gasteiger partial charge >= 0.3 is 0 Å². The number of hydrogen-bond donors (Lipinski definition) is 1. The molecule has 6 nitrogen and oxygen atoms in total. The molecule has 1 aliphatic rings. The average molecular weight is 305 g/mol. The first kappa shape index (κ1) is 16.4. The van der Waals surface area contributed by atoms with E-state index in [-0.39, 0.29) is 17.9 Å². The van der Waals surface area contributed by atoms with E-state index in [0.717, 1.165) is 12.8 Å². The molecular weight excluding hydrogens is 282 g/mol. The van der Waals surface area contributed by atoms with Crippen molar-refractivity contribution in [2.75, 3.05) is 19.7 Å². The minimum absolute atomic E-state index is 0.0285. The smallest absolute Gasteiger partial charge is 0.251 e. The van der Waals surface area contributed by atoms with Crippen LogP contribution in [0.4, 0.5) is 0 Å². The van der Waals surface area contributed by atoms with Gasteiger partial charge in [0, 0.05) is 43.7 Å². The third kappa shape index (κ3) is 4.27. The van der Waals surface area contributed by atoms with Crippen LogP contribution in [0.3, 0.4) is 0 Å². The number of piperidine rings is 1. The Morgan fingerprint density at radius 1 is 1.36 bits per heavy atom. The Balaban J connectivity index is 1.80. The molecule has 1 aromatic rings. The quantitative estimate of drug-likeness (QED) is 0.888. The third-order valence-corrected chi connectivity index (χ3v) is 3.85. The lowest BCUT2D eigenvalue weighted by molar-refractivity contribution is -0.143. The summed E-state index contributed by atoms with van der Waals surface area (Å²) in [5.74, 6) is -0.0596. The highest BCUT2D eigenvalue weighted by molar-refractivity contribution is 5.94. The van der Waals surface area contributed by atoms with E-state index in [1.807, 2.05) is 11.8 Å². The van der Waals surface area contributed by atoms with Crippen molar-refractivity contribution in [1.29, 1.82) is 0 Å². The van der Waals surface area contributed by atoms with Crippen molar-refractivity contribution in [3.63, 3.8) is 0 Å². The Hall–Kier alpha value is -1.95. The number of rotatable bonds is 5. The number of amides is 2. The minimum atomic E-state index is -0.395. The second-order valence-electron chi connectivity index (χ2n) is 5.41. The van der Waals surface area contributed by atoms with Gasteiger partial charge in [-0.3, -0.25) is 14.6 Å². The van der Waals surface area contributed by atoms with Crippen LogP contribution in [0.5, 0.6) is 0 Å². The summed E-state index contributed by atoms with van der Waals surface area (Å²) < 4.78 is 5.34. The highest BCUT2D eigenvalue weighted by Gasteiger charge is 2.27. The fraction of sp³-hybridized carbons (Fsp3) is 0.562. The molecule has 1 aliphatic heterocycles. The molecule has 1 atom stereocenters. The van der Waals surface area contributed by atoms with Crippen LogP contribution in [-0.2, 0) is 9.53 Å². The molecule has 0 spiro atoms. The second-order valence-corrected chi connectivity index (χ2v) is 5.41. The van der Waals surface area contributed by atoms with E-state index in [4.69, 9.17) is 4.74 Å². The average Bonchev–Trinajstić information content (AvgIpc) is 2.56. The molecule has 0 bridgehead atoms. The summed E-state index contributed by atoms with van der Waals surface area (Å²) in [4.78, 5) is 29.9. The maximum atomic E-state index is 12.1. The van der Waals surface area contributed by atoms with Gasteiger partial charge in [0.2, 0.25) is 0 Å². The van der Waals surface area contributed by atoms with E-state index in [9.17, 15) is 9.59 Å². The second kappa shape index (κ2) is 7.89. The maximum absolute atomic E-state index is 12.1. The SMILES string of the molecule is CCOC(C)C(=O)N1CCC(NC(=O)c2ccncc2)CC1. The Morgan fingerprint density at radius 2 is 2.00 bits per heavy atom. The molecule has 0 aromatic carbocycles. The predicted molar refractivity (Wildman–Crippen MR) is 82.4 cm³/mol. The van der Waals surface area contributed by atoms with Crippen molar-refractivity contribution in [3.8, 4) is 0 Å². The summed E-state index contributed by atoms with van der Waals surface area (Å²) in [6.07, 6.45) is 4.34. The van der Waals surface area contributed by atoms with Gasteiger partial charge in [0.05, 0.1) is 0 Å². The van der Waals surface area contributed by atoms with E-state index in [1.165, 1.54) is 0 Å². The number of aromatic nitrogens is 1. The largest absolute Gasteiger partial charge is 0.369 e. The standard InChI is InChI=1S/C16H23N3O3/c1-3-22-12(2)16(21)19-10-6-14(7-11-19)18-15(20)13-4-8-17-9-5-13/h4-5,8-9,12,14H,3,6-7,10-11H2,1-2H3,(H,18,20). The number of nitrogens with one attached hydrogen (secondary N) is 1. The van der Waals surface area contributed by atoms with Crippen LogP contribution in [0.25, 0.3) is 0 Å². The Kier molecular flexibility index (Phi) is 5.89. The van der Waals surface area contributed by atoms with Crippen molar-refractivity contribution in [1.82, 2.24) is 15.2 Å². The van der Waals surface area contributed by atoms with Crippen LogP contribution in [-0.4, -0.2) is 53.5 Å². The van der Waals surface area contributed by atoms with E-state index >= 15 is 0 Å². The molecule has 2 rings (SSSR count). The molecule has 2 heterocycles. The van der Waals surface area contributed by atoms with Gasteiger partial charge in [-0.15, -0.1) is 0 Å². The molecule has 0 aliphatic carbocycles. The minimum Gasteiger partial charge on any atom is -0.369 e. The summed E-state index contributed by atoms with van der Waals surface area (Å²) in [5, 5.41) is 3.01. The Bertz CT molecular complexity index is 499. The molecular formula is C16H23N3O3. The summed E-state index contributed by atoms with van der Waals surface area (Å²) in [7, 11) is 0. The van der Waals surface area contributed by atoms with Gasteiger partial charge in [-0.1, -0.05) is 0 Å². The number of ether oxygens (including phenoxy) is 1. The van der Waals surface area contributed by atoms with E-state index in [2.05, 4.69) is 10.3 Å². The zero-order valence-electron chi connectivity index (χ0n) is 13.1. The molecule has 1 N–H and O–H groups in total. The number of hydrogen-bond acceptors (Lipinski definition) is 4. The predicted octanol–water partition coefficient (Wildman–Crippen LogP) is 1.23. The lowest BCUT2D eigenvalue weighted by atomic mass is 10.0. The number of nitrogens with zero attached hydrogens (tertiary/aromatic N) is 2. The van der Waals surface area contributed by atoms with Crippen LogP contribution in [0, 0.1) is 0 Å². The first-order valence-corrected chi connectivity index (χ1v) is 7.73. The monoisotopic (exact) mass is 305 g/mol. The third-order valence-electron chi connectivity index (χ3n) is 3.85. The van der Waals surface area contributed by atoms with Gasteiger partial charge in [0.15, 0.2) is 0 Å². The summed E-state index contributed by atoms with van der Waals surface area (Å²) in [6.45, 7) is 5.49. The number of carbonyl (C=O) groups excluding carboxylic acids is 2. The van der Waals surface area contributed by atoms with E-state index in [0.29, 0.717) is 25.3 Å². The zero-order valence-corrected chi connectivity index (χ0v) is 13.1.